The number of rotatable bonds is 7. The van der Waals surface area contributed by atoms with Crippen LogP contribution < -0.4 is 20.1 Å². The van der Waals surface area contributed by atoms with Crippen LogP contribution in [0.1, 0.15) is 15.9 Å². The lowest BCUT2D eigenvalue weighted by molar-refractivity contribution is 0.102. The number of aromatic nitrogens is 2. The molecule has 0 spiro atoms. The van der Waals surface area contributed by atoms with Crippen LogP contribution in [0, 0.1) is 6.92 Å². The number of nitrogens with one attached hydrogen (secondary N) is 2. The number of carbonyl (C=O) groups excluding carboxylic acids is 1. The standard InChI is InChI=1S/C26H24N4O3/c1-17-6-4-7-18(12-17)22-15-25(28-16-27-22)29-20-9-5-8-19(13-20)26(31)30-21-10-11-23(32-2)24(14-21)33-3/h4-16H,1-3H3,(H,30,31)(H,27,28,29). The fourth-order valence-corrected chi connectivity index (χ4v) is 3.39. The molecule has 166 valence electrons. The zero-order valence-electron chi connectivity index (χ0n) is 18.6. The monoisotopic (exact) mass is 440 g/mol. The van der Waals surface area contributed by atoms with Gasteiger partial charge in [-0.25, -0.2) is 9.97 Å². The SMILES string of the molecule is COc1ccc(NC(=O)c2cccc(Nc3cc(-c4cccc(C)c4)ncn3)c2)cc1OC. The first-order chi connectivity index (χ1) is 16.1. The van der Waals surface area contributed by atoms with Gasteiger partial charge >= 0.3 is 0 Å². The maximum absolute atomic E-state index is 12.8. The second kappa shape index (κ2) is 9.82. The number of hydrogen-bond donors (Lipinski definition) is 2. The van der Waals surface area contributed by atoms with E-state index >= 15 is 0 Å². The molecule has 2 N–H and O–H groups in total. The zero-order chi connectivity index (χ0) is 23.2. The Hall–Kier alpha value is -4.39. The van der Waals surface area contributed by atoms with E-state index in [9.17, 15) is 4.79 Å². The van der Waals surface area contributed by atoms with E-state index in [1.807, 2.05) is 43.3 Å². The number of anilines is 3. The highest BCUT2D eigenvalue weighted by Crippen LogP contribution is 2.30. The minimum absolute atomic E-state index is 0.242. The predicted octanol–water partition coefficient (Wildman–Crippen LogP) is 5.47. The van der Waals surface area contributed by atoms with Gasteiger partial charge in [0.2, 0.25) is 0 Å². The zero-order valence-corrected chi connectivity index (χ0v) is 18.6. The molecule has 0 atom stereocenters. The van der Waals surface area contributed by atoms with Crippen molar-refractivity contribution in [1.82, 2.24) is 9.97 Å². The van der Waals surface area contributed by atoms with Crippen LogP contribution in [0.25, 0.3) is 11.3 Å². The molecule has 0 saturated carbocycles. The number of hydrogen-bond acceptors (Lipinski definition) is 6. The Bertz CT molecular complexity index is 1290. The van der Waals surface area contributed by atoms with Gasteiger partial charge in [0.05, 0.1) is 19.9 Å². The first kappa shape index (κ1) is 21.8. The molecule has 0 aliphatic heterocycles. The van der Waals surface area contributed by atoms with Crippen molar-refractivity contribution in [3.05, 3.63) is 90.3 Å². The molecule has 33 heavy (non-hydrogen) atoms. The van der Waals surface area contributed by atoms with E-state index in [2.05, 4.69) is 26.7 Å². The summed E-state index contributed by atoms with van der Waals surface area (Å²) in [5.74, 6) is 1.53. The van der Waals surface area contributed by atoms with Crippen LogP contribution in [-0.4, -0.2) is 30.1 Å². The molecule has 1 heterocycles. The van der Waals surface area contributed by atoms with Crippen LogP contribution in [0.4, 0.5) is 17.2 Å². The van der Waals surface area contributed by atoms with Gasteiger partial charge in [0.25, 0.3) is 5.91 Å². The Morgan fingerprint density at radius 1 is 0.818 bits per heavy atom. The fourth-order valence-electron chi connectivity index (χ4n) is 3.39. The second-order valence-corrected chi connectivity index (χ2v) is 7.39. The summed E-state index contributed by atoms with van der Waals surface area (Å²) in [5, 5.41) is 6.14. The molecule has 0 bridgehead atoms. The lowest BCUT2D eigenvalue weighted by Gasteiger charge is -2.12. The number of methoxy groups -OCH3 is 2. The van der Waals surface area contributed by atoms with Gasteiger partial charge in [0, 0.05) is 34.6 Å². The lowest BCUT2D eigenvalue weighted by Crippen LogP contribution is -2.12. The predicted molar refractivity (Wildman–Crippen MR) is 129 cm³/mol. The van der Waals surface area contributed by atoms with Crippen LogP contribution in [0.5, 0.6) is 11.5 Å². The van der Waals surface area contributed by atoms with E-state index in [4.69, 9.17) is 9.47 Å². The third-order valence-corrected chi connectivity index (χ3v) is 5.02. The summed E-state index contributed by atoms with van der Waals surface area (Å²) >= 11 is 0. The smallest absolute Gasteiger partial charge is 0.255 e. The number of carbonyl (C=O) groups is 1. The van der Waals surface area contributed by atoms with Gasteiger partial charge in [0.15, 0.2) is 11.5 Å². The molecule has 7 heteroatoms. The van der Waals surface area contributed by atoms with Gasteiger partial charge in [-0.3, -0.25) is 4.79 Å². The van der Waals surface area contributed by atoms with Crippen molar-refractivity contribution >= 4 is 23.1 Å². The van der Waals surface area contributed by atoms with E-state index in [-0.39, 0.29) is 5.91 Å². The van der Waals surface area contributed by atoms with Crippen LogP contribution in [0.15, 0.2) is 79.1 Å². The van der Waals surface area contributed by atoms with Gasteiger partial charge in [0.1, 0.15) is 12.1 Å². The van der Waals surface area contributed by atoms with Crippen LogP contribution in [0.3, 0.4) is 0 Å². The summed E-state index contributed by atoms with van der Waals surface area (Å²) in [6.07, 6.45) is 1.52. The molecule has 0 saturated heterocycles. The average molecular weight is 441 g/mol. The molecule has 4 aromatic rings. The van der Waals surface area contributed by atoms with Gasteiger partial charge in [-0.05, 0) is 43.3 Å². The maximum atomic E-state index is 12.8. The topological polar surface area (TPSA) is 85.4 Å². The first-order valence-corrected chi connectivity index (χ1v) is 10.4. The summed E-state index contributed by atoms with van der Waals surface area (Å²) in [7, 11) is 3.12. The molecule has 1 aromatic heterocycles. The van der Waals surface area contributed by atoms with Crippen molar-refractivity contribution in [2.24, 2.45) is 0 Å². The minimum atomic E-state index is -0.242. The number of ether oxygens (including phenoxy) is 2. The Morgan fingerprint density at radius 2 is 1.64 bits per heavy atom. The van der Waals surface area contributed by atoms with E-state index in [1.165, 1.54) is 6.33 Å². The third kappa shape index (κ3) is 5.27. The van der Waals surface area contributed by atoms with Crippen molar-refractivity contribution in [3.8, 4) is 22.8 Å². The Labute approximate surface area is 192 Å². The summed E-state index contributed by atoms with van der Waals surface area (Å²) in [5.41, 5.74) is 4.84. The van der Waals surface area contributed by atoms with Gasteiger partial charge in [-0.2, -0.15) is 0 Å². The highest BCUT2D eigenvalue weighted by atomic mass is 16.5. The quantitative estimate of drug-likeness (QED) is 0.397. The van der Waals surface area contributed by atoms with E-state index in [1.54, 1.807) is 44.6 Å². The van der Waals surface area contributed by atoms with Crippen LogP contribution in [0.2, 0.25) is 0 Å². The van der Waals surface area contributed by atoms with Crippen molar-refractivity contribution in [1.29, 1.82) is 0 Å². The Morgan fingerprint density at radius 3 is 2.42 bits per heavy atom. The normalized spacial score (nSPS) is 10.4. The van der Waals surface area contributed by atoms with Crippen molar-refractivity contribution in [2.45, 2.75) is 6.92 Å². The molecular formula is C26H24N4O3. The largest absolute Gasteiger partial charge is 0.493 e. The van der Waals surface area contributed by atoms with Crippen LogP contribution in [-0.2, 0) is 0 Å². The van der Waals surface area contributed by atoms with Crippen molar-refractivity contribution < 1.29 is 14.3 Å². The second-order valence-electron chi connectivity index (χ2n) is 7.39. The number of benzene rings is 3. The molecule has 0 aliphatic carbocycles. The van der Waals surface area contributed by atoms with Gasteiger partial charge in [-0.1, -0.05) is 29.8 Å². The molecule has 0 radical (unpaired) electrons. The van der Waals surface area contributed by atoms with E-state index in [0.29, 0.717) is 28.6 Å². The van der Waals surface area contributed by atoms with Gasteiger partial charge < -0.3 is 20.1 Å². The van der Waals surface area contributed by atoms with Crippen molar-refractivity contribution in [3.63, 3.8) is 0 Å². The molecule has 0 aliphatic rings. The minimum Gasteiger partial charge on any atom is -0.493 e. The first-order valence-electron chi connectivity index (χ1n) is 10.4. The molecule has 3 aromatic carbocycles. The Kier molecular flexibility index (Phi) is 6.50. The summed E-state index contributed by atoms with van der Waals surface area (Å²) in [4.78, 5) is 21.5. The fraction of sp³-hybridized carbons (Fsp3) is 0.115. The number of nitrogens with zero attached hydrogens (tertiary/aromatic N) is 2. The molecule has 1 amide bonds. The molecule has 0 unspecified atom stereocenters. The molecule has 4 rings (SSSR count). The lowest BCUT2D eigenvalue weighted by atomic mass is 10.1. The maximum Gasteiger partial charge on any atom is 0.255 e. The molecular weight excluding hydrogens is 416 g/mol. The van der Waals surface area contributed by atoms with Crippen molar-refractivity contribution in [2.75, 3.05) is 24.9 Å². The summed E-state index contributed by atoms with van der Waals surface area (Å²) in [6.45, 7) is 2.04. The number of aryl methyl sites for hydroxylation is 1. The molecule has 7 nitrogen and oxygen atoms in total. The molecule has 0 fully saturated rings. The number of amides is 1. The van der Waals surface area contributed by atoms with E-state index in [0.717, 1.165) is 22.5 Å². The third-order valence-electron chi connectivity index (χ3n) is 5.02. The van der Waals surface area contributed by atoms with Crippen LogP contribution >= 0.6 is 0 Å². The highest BCUT2D eigenvalue weighted by molar-refractivity contribution is 6.05. The summed E-state index contributed by atoms with van der Waals surface area (Å²) < 4.78 is 10.5. The average Bonchev–Trinajstić information content (AvgIpc) is 2.84. The van der Waals surface area contributed by atoms with Gasteiger partial charge in [-0.15, -0.1) is 0 Å². The Balaban J connectivity index is 1.50. The van der Waals surface area contributed by atoms with E-state index < -0.39 is 0 Å². The summed E-state index contributed by atoms with van der Waals surface area (Å²) in [6, 6.07) is 22.4. The highest BCUT2D eigenvalue weighted by Gasteiger charge is 2.11.